The van der Waals surface area contributed by atoms with Crippen LogP contribution in [0.5, 0.6) is 0 Å². The van der Waals surface area contributed by atoms with E-state index in [1.54, 1.807) is 0 Å². The average Bonchev–Trinajstić information content (AvgIpc) is 3.05. The smallest absolute Gasteiger partial charge is 0.306 e. The first-order valence-electron chi connectivity index (χ1n) is 20.8. The lowest BCUT2D eigenvalue weighted by Crippen LogP contribution is -2.18. The first-order valence-corrected chi connectivity index (χ1v) is 20.8. The minimum atomic E-state index is -0.704. The second kappa shape index (κ2) is 38.9. The van der Waals surface area contributed by atoms with E-state index in [4.69, 9.17) is 9.84 Å². The second-order valence-corrected chi connectivity index (χ2v) is 14.2. The van der Waals surface area contributed by atoms with Crippen LogP contribution in [0.25, 0.3) is 0 Å². The van der Waals surface area contributed by atoms with Gasteiger partial charge >= 0.3 is 11.9 Å². The van der Waals surface area contributed by atoms with Crippen LogP contribution in [0.2, 0.25) is 0 Å². The van der Waals surface area contributed by atoms with Crippen molar-refractivity contribution in [1.82, 2.24) is 0 Å². The lowest BCUT2D eigenvalue weighted by molar-refractivity contribution is -0.150. The molecule has 1 N–H and O–H groups in total. The van der Waals surface area contributed by atoms with E-state index in [9.17, 15) is 9.59 Å². The first kappa shape index (κ1) is 45.4. The van der Waals surface area contributed by atoms with Gasteiger partial charge in [-0.1, -0.05) is 179 Å². The zero-order chi connectivity index (χ0) is 34.3. The summed E-state index contributed by atoms with van der Waals surface area (Å²) < 4.78 is 5.99. The van der Waals surface area contributed by atoms with E-state index in [0.29, 0.717) is 6.42 Å². The third-order valence-electron chi connectivity index (χ3n) is 9.43. The summed E-state index contributed by atoms with van der Waals surface area (Å²) in [7, 11) is 0. The second-order valence-electron chi connectivity index (χ2n) is 14.2. The van der Waals surface area contributed by atoms with Gasteiger partial charge in [0.25, 0.3) is 0 Å². The minimum absolute atomic E-state index is 0.0165. The molecule has 0 spiro atoms. The zero-order valence-corrected chi connectivity index (χ0v) is 31.6. The van der Waals surface area contributed by atoms with E-state index in [-0.39, 0.29) is 18.5 Å². The number of ether oxygens (including phenoxy) is 1. The quantitative estimate of drug-likeness (QED) is 0.0407. The summed E-state index contributed by atoms with van der Waals surface area (Å²) in [5.74, 6) is -0.721. The normalized spacial score (nSPS) is 12.4. The van der Waals surface area contributed by atoms with Crippen molar-refractivity contribution in [1.29, 1.82) is 0 Å². The molecule has 0 bridgehead atoms. The molecular weight excluding hydrogens is 580 g/mol. The van der Waals surface area contributed by atoms with E-state index in [0.717, 1.165) is 77.0 Å². The molecule has 0 heterocycles. The molecule has 0 fully saturated rings. The highest BCUT2D eigenvalue weighted by Crippen LogP contribution is 2.18. The molecule has 0 aromatic heterocycles. The van der Waals surface area contributed by atoms with Crippen LogP contribution < -0.4 is 0 Å². The Hall–Kier alpha value is -1.58. The third kappa shape index (κ3) is 38.7. The van der Waals surface area contributed by atoms with Crippen molar-refractivity contribution < 1.29 is 19.4 Å². The van der Waals surface area contributed by atoms with Gasteiger partial charge in [0, 0.05) is 12.8 Å². The van der Waals surface area contributed by atoms with Crippen LogP contribution in [0.15, 0.2) is 24.3 Å². The molecule has 0 aliphatic heterocycles. The number of carbonyl (C=O) groups is 2. The lowest BCUT2D eigenvalue weighted by Gasteiger charge is -2.18. The van der Waals surface area contributed by atoms with E-state index in [2.05, 4.69) is 38.2 Å². The summed E-state index contributed by atoms with van der Waals surface area (Å²) in [5.41, 5.74) is 0. The molecule has 0 aliphatic rings. The highest BCUT2D eigenvalue weighted by molar-refractivity contribution is 5.69. The number of rotatable bonds is 38. The molecule has 0 aliphatic carbocycles. The zero-order valence-electron chi connectivity index (χ0n) is 31.6. The van der Waals surface area contributed by atoms with Crippen LogP contribution >= 0.6 is 0 Å². The van der Waals surface area contributed by atoms with Gasteiger partial charge in [-0.3, -0.25) is 9.59 Å². The van der Waals surface area contributed by atoms with Gasteiger partial charge in [0.15, 0.2) is 0 Å². The Morgan fingerprint density at radius 3 is 1.34 bits per heavy atom. The summed E-state index contributed by atoms with van der Waals surface area (Å²) in [6, 6.07) is 0. The number of hydrogen-bond acceptors (Lipinski definition) is 3. The number of carbonyl (C=O) groups excluding carboxylic acids is 1. The Morgan fingerprint density at radius 2 is 0.851 bits per heavy atom. The van der Waals surface area contributed by atoms with Gasteiger partial charge < -0.3 is 9.84 Å². The Bertz CT molecular complexity index is 713. The molecule has 0 aromatic rings. The van der Waals surface area contributed by atoms with Gasteiger partial charge in [0.1, 0.15) is 6.10 Å². The molecule has 1 atom stereocenters. The van der Waals surface area contributed by atoms with Gasteiger partial charge in [0.2, 0.25) is 0 Å². The minimum Gasteiger partial charge on any atom is -0.481 e. The summed E-state index contributed by atoms with van der Waals surface area (Å²) in [6.07, 6.45) is 49.1. The SMILES string of the molecule is CCCCCCC/C=C\C/C=C\CCCC(CCCCCCCC(=O)O)OC(=O)CCCCCCCCCCCCCCCCCC. The summed E-state index contributed by atoms with van der Waals surface area (Å²) in [6.45, 7) is 4.55. The van der Waals surface area contributed by atoms with Crippen LogP contribution in [-0.2, 0) is 14.3 Å². The van der Waals surface area contributed by atoms with Crippen LogP contribution in [0, 0.1) is 0 Å². The van der Waals surface area contributed by atoms with Crippen molar-refractivity contribution in [2.75, 3.05) is 0 Å². The van der Waals surface area contributed by atoms with Gasteiger partial charge in [-0.05, 0) is 64.2 Å². The highest BCUT2D eigenvalue weighted by Gasteiger charge is 2.14. The molecule has 1 unspecified atom stereocenters. The Labute approximate surface area is 293 Å². The molecule has 0 aromatic carbocycles. The fraction of sp³-hybridized carbons (Fsp3) is 0.860. The van der Waals surface area contributed by atoms with E-state index >= 15 is 0 Å². The third-order valence-corrected chi connectivity index (χ3v) is 9.43. The van der Waals surface area contributed by atoms with Crippen LogP contribution in [0.3, 0.4) is 0 Å². The molecule has 47 heavy (non-hydrogen) atoms. The van der Waals surface area contributed by atoms with Gasteiger partial charge in [-0.2, -0.15) is 0 Å². The van der Waals surface area contributed by atoms with Crippen LogP contribution in [0.4, 0.5) is 0 Å². The molecular formula is C43H80O4. The maximum absolute atomic E-state index is 12.7. The number of carboxylic acids is 1. The Kier molecular flexibility index (Phi) is 37.6. The number of aliphatic carboxylic acids is 1. The monoisotopic (exact) mass is 661 g/mol. The van der Waals surface area contributed by atoms with Crippen molar-refractivity contribution in [3.8, 4) is 0 Å². The molecule has 4 heteroatoms. The maximum atomic E-state index is 12.7. The molecule has 276 valence electrons. The van der Waals surface area contributed by atoms with Crippen LogP contribution in [-0.4, -0.2) is 23.1 Å². The highest BCUT2D eigenvalue weighted by atomic mass is 16.5. The van der Waals surface area contributed by atoms with Crippen molar-refractivity contribution in [3.05, 3.63) is 24.3 Å². The fourth-order valence-electron chi connectivity index (χ4n) is 6.34. The van der Waals surface area contributed by atoms with Gasteiger partial charge in [0.05, 0.1) is 0 Å². The number of unbranched alkanes of at least 4 members (excludes halogenated alkanes) is 25. The number of esters is 1. The molecule has 0 saturated carbocycles. The molecule has 0 saturated heterocycles. The fourth-order valence-corrected chi connectivity index (χ4v) is 6.34. The largest absolute Gasteiger partial charge is 0.481 e. The van der Waals surface area contributed by atoms with Gasteiger partial charge in [-0.25, -0.2) is 0 Å². The molecule has 0 rings (SSSR count). The van der Waals surface area contributed by atoms with E-state index < -0.39 is 5.97 Å². The molecule has 0 radical (unpaired) electrons. The standard InChI is InChI=1S/C43H80O4/c1-3-5-7-9-11-13-15-17-18-19-21-23-25-27-32-36-40-43(46)47-41(38-34-30-28-31-35-39-42(44)45)37-33-29-26-24-22-20-16-14-12-10-8-6-4-2/h16,20,24,26,41H,3-15,17-19,21-23,25,27-40H2,1-2H3,(H,44,45)/b20-16-,26-24-. The first-order chi connectivity index (χ1) is 23.1. The topological polar surface area (TPSA) is 63.6 Å². The molecule has 0 amide bonds. The maximum Gasteiger partial charge on any atom is 0.306 e. The average molecular weight is 661 g/mol. The Balaban J connectivity index is 4.05. The molecule has 4 nitrogen and oxygen atoms in total. The van der Waals surface area contributed by atoms with Crippen molar-refractivity contribution >= 4 is 11.9 Å². The number of hydrogen-bond donors (Lipinski definition) is 1. The Morgan fingerprint density at radius 1 is 0.468 bits per heavy atom. The predicted octanol–water partition coefficient (Wildman–Crippen LogP) is 14.4. The van der Waals surface area contributed by atoms with E-state index in [1.165, 1.54) is 128 Å². The lowest BCUT2D eigenvalue weighted by atomic mass is 10.0. The summed E-state index contributed by atoms with van der Waals surface area (Å²) >= 11 is 0. The van der Waals surface area contributed by atoms with Gasteiger partial charge in [-0.15, -0.1) is 0 Å². The summed E-state index contributed by atoms with van der Waals surface area (Å²) in [5, 5.41) is 8.82. The summed E-state index contributed by atoms with van der Waals surface area (Å²) in [4.78, 5) is 23.4. The number of allylic oxidation sites excluding steroid dienone is 4. The van der Waals surface area contributed by atoms with E-state index in [1.807, 2.05) is 0 Å². The van der Waals surface area contributed by atoms with Crippen LogP contribution in [0.1, 0.15) is 232 Å². The van der Waals surface area contributed by atoms with Crippen molar-refractivity contribution in [2.45, 2.75) is 238 Å². The predicted molar refractivity (Wildman–Crippen MR) is 204 cm³/mol. The number of carboxylic acid groups (broad SMARTS) is 1. The van der Waals surface area contributed by atoms with Crippen molar-refractivity contribution in [2.24, 2.45) is 0 Å². The van der Waals surface area contributed by atoms with Crippen molar-refractivity contribution in [3.63, 3.8) is 0 Å².